The fourth-order valence-corrected chi connectivity index (χ4v) is 2.45. The van der Waals surface area contributed by atoms with Gasteiger partial charge in [0.2, 0.25) is 0 Å². The van der Waals surface area contributed by atoms with Crippen LogP contribution in [-0.4, -0.2) is 22.8 Å². The first kappa shape index (κ1) is 11.3. The van der Waals surface area contributed by atoms with Crippen LogP contribution in [0.2, 0.25) is 0 Å². The summed E-state index contributed by atoms with van der Waals surface area (Å²) in [6.07, 6.45) is 6.12. The number of aromatic nitrogens is 2. The summed E-state index contributed by atoms with van der Waals surface area (Å²) < 4.78 is 7.75. The molecule has 0 spiro atoms. The highest BCUT2D eigenvalue weighted by Crippen LogP contribution is 2.27. The number of hydrogen-bond donors (Lipinski definition) is 1. The van der Waals surface area contributed by atoms with Gasteiger partial charge in [-0.3, -0.25) is 0 Å². The molecule has 4 heteroatoms. The lowest BCUT2D eigenvalue weighted by atomic mass is 10.1. The van der Waals surface area contributed by atoms with E-state index < -0.39 is 0 Å². The second-order valence-corrected chi connectivity index (χ2v) is 4.65. The zero-order valence-corrected chi connectivity index (χ0v) is 10.2. The molecule has 4 nitrogen and oxygen atoms in total. The Morgan fingerprint density at radius 1 is 1.39 bits per heavy atom. The molecule has 2 heterocycles. The molecule has 3 rings (SSSR count). The second kappa shape index (κ2) is 4.82. The normalized spacial score (nSPS) is 19.9. The predicted molar refractivity (Wildman–Crippen MR) is 71.2 cm³/mol. The first-order valence-corrected chi connectivity index (χ1v) is 6.31. The van der Waals surface area contributed by atoms with E-state index >= 15 is 0 Å². The molecule has 2 N–H and O–H groups in total. The van der Waals surface area contributed by atoms with Crippen molar-refractivity contribution in [1.29, 1.82) is 0 Å². The zero-order chi connectivity index (χ0) is 12.4. The number of nitrogen functional groups attached to an aromatic ring is 1. The van der Waals surface area contributed by atoms with E-state index in [2.05, 4.69) is 9.55 Å². The molecule has 0 radical (unpaired) electrons. The van der Waals surface area contributed by atoms with E-state index in [4.69, 9.17) is 10.5 Å². The third-order valence-electron chi connectivity index (χ3n) is 3.34. The van der Waals surface area contributed by atoms with Crippen molar-refractivity contribution in [3.8, 4) is 11.4 Å². The summed E-state index contributed by atoms with van der Waals surface area (Å²) in [7, 11) is 0. The second-order valence-electron chi connectivity index (χ2n) is 4.65. The maximum atomic E-state index is 5.83. The molecule has 0 bridgehead atoms. The molecule has 94 valence electrons. The van der Waals surface area contributed by atoms with Gasteiger partial charge in [0.25, 0.3) is 0 Å². The van der Waals surface area contributed by atoms with Gasteiger partial charge in [-0.15, -0.1) is 0 Å². The predicted octanol–water partition coefficient (Wildman–Crippen LogP) is 2.48. The monoisotopic (exact) mass is 243 g/mol. The Hall–Kier alpha value is -1.81. The fraction of sp³-hybridized carbons (Fsp3) is 0.357. The molecule has 1 aliphatic rings. The van der Waals surface area contributed by atoms with Crippen molar-refractivity contribution in [1.82, 2.24) is 9.55 Å². The quantitative estimate of drug-likeness (QED) is 0.824. The van der Waals surface area contributed by atoms with Gasteiger partial charge in [0, 0.05) is 30.3 Å². The zero-order valence-electron chi connectivity index (χ0n) is 10.2. The van der Waals surface area contributed by atoms with Gasteiger partial charge in [-0.2, -0.15) is 0 Å². The summed E-state index contributed by atoms with van der Waals surface area (Å²) in [5.74, 6) is 0.970. The van der Waals surface area contributed by atoms with Crippen molar-refractivity contribution in [2.45, 2.75) is 18.9 Å². The molecule has 18 heavy (non-hydrogen) atoms. The Labute approximate surface area is 106 Å². The lowest BCUT2D eigenvalue weighted by Gasteiger charge is -2.25. The number of imidazole rings is 1. The van der Waals surface area contributed by atoms with Crippen molar-refractivity contribution in [3.05, 3.63) is 36.7 Å². The van der Waals surface area contributed by atoms with Crippen LogP contribution in [0.25, 0.3) is 11.4 Å². The fourth-order valence-electron chi connectivity index (χ4n) is 2.45. The lowest BCUT2D eigenvalue weighted by Crippen LogP contribution is -2.21. The maximum Gasteiger partial charge on any atom is 0.140 e. The summed E-state index contributed by atoms with van der Waals surface area (Å²) in [6.45, 7) is 1.64. The minimum atomic E-state index is 0.387. The lowest BCUT2D eigenvalue weighted by molar-refractivity contribution is 0.0597. The van der Waals surface area contributed by atoms with Crippen molar-refractivity contribution in [2.75, 3.05) is 18.9 Å². The number of anilines is 1. The van der Waals surface area contributed by atoms with E-state index in [0.717, 1.165) is 43.1 Å². The number of hydrogen-bond acceptors (Lipinski definition) is 3. The molecule has 1 aromatic carbocycles. The van der Waals surface area contributed by atoms with Crippen LogP contribution in [0, 0.1) is 0 Å². The molecular weight excluding hydrogens is 226 g/mol. The third kappa shape index (κ3) is 2.11. The number of nitrogens with two attached hydrogens (primary N) is 1. The molecule has 2 aromatic rings. The van der Waals surface area contributed by atoms with Crippen LogP contribution in [0.3, 0.4) is 0 Å². The van der Waals surface area contributed by atoms with Gasteiger partial charge in [0.1, 0.15) is 5.82 Å². The van der Waals surface area contributed by atoms with E-state index in [1.54, 1.807) is 0 Å². The first-order chi connectivity index (χ1) is 8.84. The maximum absolute atomic E-state index is 5.83. The van der Waals surface area contributed by atoms with Crippen molar-refractivity contribution in [3.63, 3.8) is 0 Å². The van der Waals surface area contributed by atoms with Gasteiger partial charge in [-0.25, -0.2) is 4.98 Å². The summed E-state index contributed by atoms with van der Waals surface area (Å²) in [6, 6.07) is 8.24. The molecule has 1 atom stereocenters. The number of nitrogens with zero attached hydrogens (tertiary/aromatic N) is 2. The Bertz CT molecular complexity index is 529. The third-order valence-corrected chi connectivity index (χ3v) is 3.34. The Kier molecular flexibility index (Phi) is 3.02. The molecule has 0 amide bonds. The summed E-state index contributed by atoms with van der Waals surface area (Å²) in [4.78, 5) is 4.45. The minimum absolute atomic E-state index is 0.387. The van der Waals surface area contributed by atoms with Crippen molar-refractivity contribution in [2.24, 2.45) is 0 Å². The molecule has 1 aromatic heterocycles. The van der Waals surface area contributed by atoms with Crippen LogP contribution in [0.5, 0.6) is 0 Å². The Morgan fingerprint density at radius 2 is 2.33 bits per heavy atom. The average molecular weight is 243 g/mol. The minimum Gasteiger partial charge on any atom is -0.399 e. The molecule has 0 saturated carbocycles. The molecule has 1 fully saturated rings. The van der Waals surface area contributed by atoms with Gasteiger partial charge in [0.15, 0.2) is 0 Å². The van der Waals surface area contributed by atoms with Crippen LogP contribution >= 0.6 is 0 Å². The SMILES string of the molecule is Nc1cccc(-c2nccn2C2CCCOC2)c1. The number of benzene rings is 1. The molecule has 1 aliphatic heterocycles. The molecule has 1 saturated heterocycles. The topological polar surface area (TPSA) is 53.1 Å². The summed E-state index contributed by atoms with van der Waals surface area (Å²) in [5, 5.41) is 0. The van der Waals surface area contributed by atoms with Gasteiger partial charge < -0.3 is 15.0 Å². The van der Waals surface area contributed by atoms with Crippen molar-refractivity contribution < 1.29 is 4.74 Å². The van der Waals surface area contributed by atoms with Crippen LogP contribution < -0.4 is 5.73 Å². The van der Waals surface area contributed by atoms with Gasteiger partial charge in [0.05, 0.1) is 12.6 Å². The van der Waals surface area contributed by atoms with Crippen LogP contribution in [-0.2, 0) is 4.74 Å². The summed E-state index contributed by atoms with van der Waals surface area (Å²) >= 11 is 0. The molecule has 1 unspecified atom stereocenters. The average Bonchev–Trinajstić information content (AvgIpc) is 2.89. The van der Waals surface area contributed by atoms with Crippen LogP contribution in [0.4, 0.5) is 5.69 Å². The highest BCUT2D eigenvalue weighted by Gasteiger charge is 2.18. The van der Waals surface area contributed by atoms with E-state index in [-0.39, 0.29) is 0 Å². The Balaban J connectivity index is 1.95. The van der Waals surface area contributed by atoms with Crippen LogP contribution in [0.1, 0.15) is 18.9 Å². The van der Waals surface area contributed by atoms with Gasteiger partial charge in [-0.05, 0) is 25.0 Å². The van der Waals surface area contributed by atoms with Gasteiger partial charge >= 0.3 is 0 Å². The molecular formula is C14H17N3O. The van der Waals surface area contributed by atoms with Crippen LogP contribution in [0.15, 0.2) is 36.7 Å². The number of rotatable bonds is 2. The van der Waals surface area contributed by atoms with E-state index in [1.165, 1.54) is 0 Å². The van der Waals surface area contributed by atoms with E-state index in [9.17, 15) is 0 Å². The first-order valence-electron chi connectivity index (χ1n) is 6.31. The Morgan fingerprint density at radius 3 is 3.11 bits per heavy atom. The standard InChI is InChI=1S/C14H17N3O/c15-12-4-1-3-11(9-12)14-16-6-7-17(14)13-5-2-8-18-10-13/h1,3-4,6-7,9,13H,2,5,8,10,15H2. The highest BCUT2D eigenvalue weighted by molar-refractivity contribution is 5.61. The molecule has 0 aliphatic carbocycles. The van der Waals surface area contributed by atoms with E-state index in [0.29, 0.717) is 6.04 Å². The van der Waals surface area contributed by atoms with Crippen molar-refractivity contribution >= 4 is 5.69 Å². The van der Waals surface area contributed by atoms with Gasteiger partial charge in [-0.1, -0.05) is 12.1 Å². The summed E-state index contributed by atoms with van der Waals surface area (Å²) in [5.41, 5.74) is 7.66. The van der Waals surface area contributed by atoms with E-state index in [1.807, 2.05) is 36.7 Å². The highest BCUT2D eigenvalue weighted by atomic mass is 16.5. The smallest absolute Gasteiger partial charge is 0.140 e. The number of ether oxygens (including phenoxy) is 1. The largest absolute Gasteiger partial charge is 0.399 e.